The molecule has 1 aromatic carbocycles. The Morgan fingerprint density at radius 2 is 2.00 bits per heavy atom. The average molecular weight is 257 g/mol. The summed E-state index contributed by atoms with van der Waals surface area (Å²) < 4.78 is 26.2. The van der Waals surface area contributed by atoms with E-state index >= 15 is 0 Å². The summed E-state index contributed by atoms with van der Waals surface area (Å²) in [6.45, 7) is 5.42. The lowest BCUT2D eigenvalue weighted by Crippen LogP contribution is -2.39. The van der Waals surface area contributed by atoms with Gasteiger partial charge in [-0.2, -0.15) is 0 Å². The van der Waals surface area contributed by atoms with Crippen LogP contribution in [0.4, 0.5) is 8.78 Å². The first kappa shape index (κ1) is 14.6. The Hall–Kier alpha value is -1.49. The molecule has 0 radical (unpaired) electrons. The molecule has 2 N–H and O–H groups in total. The summed E-state index contributed by atoms with van der Waals surface area (Å²) in [6.07, 6.45) is -0.766. The highest BCUT2D eigenvalue weighted by molar-refractivity contribution is 5.94. The summed E-state index contributed by atoms with van der Waals surface area (Å²) in [7, 11) is 0. The predicted octanol–water partition coefficient (Wildman–Crippen LogP) is 2.10. The Kier molecular flexibility index (Phi) is 4.40. The van der Waals surface area contributed by atoms with E-state index in [1.54, 1.807) is 0 Å². The van der Waals surface area contributed by atoms with E-state index in [1.807, 2.05) is 20.8 Å². The third-order valence-corrected chi connectivity index (χ3v) is 2.65. The van der Waals surface area contributed by atoms with Crippen molar-refractivity contribution in [3.8, 4) is 0 Å². The van der Waals surface area contributed by atoms with Crippen molar-refractivity contribution in [3.05, 3.63) is 35.4 Å². The van der Waals surface area contributed by atoms with Gasteiger partial charge >= 0.3 is 0 Å². The second-order valence-corrected chi connectivity index (χ2v) is 5.19. The minimum atomic E-state index is -1.18. The highest BCUT2D eigenvalue weighted by Crippen LogP contribution is 2.18. The van der Waals surface area contributed by atoms with E-state index in [0.29, 0.717) is 0 Å². The predicted molar refractivity (Wildman–Crippen MR) is 64.2 cm³/mol. The highest BCUT2D eigenvalue weighted by atomic mass is 19.2. The van der Waals surface area contributed by atoms with Crippen molar-refractivity contribution in [1.82, 2.24) is 5.32 Å². The lowest BCUT2D eigenvalue weighted by Gasteiger charge is -2.25. The van der Waals surface area contributed by atoms with Crippen molar-refractivity contribution < 1.29 is 18.7 Å². The molecular weight excluding hydrogens is 240 g/mol. The number of amides is 1. The number of aliphatic hydroxyl groups is 1. The number of hydrogen-bond acceptors (Lipinski definition) is 2. The van der Waals surface area contributed by atoms with Crippen LogP contribution in [0, 0.1) is 17.0 Å². The maximum atomic E-state index is 13.3. The lowest BCUT2D eigenvalue weighted by atomic mass is 9.89. The Morgan fingerprint density at radius 1 is 1.39 bits per heavy atom. The van der Waals surface area contributed by atoms with Crippen LogP contribution in [0.15, 0.2) is 18.2 Å². The van der Waals surface area contributed by atoms with Crippen LogP contribution >= 0.6 is 0 Å². The van der Waals surface area contributed by atoms with Crippen molar-refractivity contribution in [1.29, 1.82) is 0 Å². The maximum absolute atomic E-state index is 13.3. The van der Waals surface area contributed by atoms with E-state index in [1.165, 1.54) is 12.1 Å². The summed E-state index contributed by atoms with van der Waals surface area (Å²) in [5.41, 5.74) is -0.760. The Balaban J connectivity index is 2.70. The molecule has 0 saturated carbocycles. The van der Waals surface area contributed by atoms with Gasteiger partial charge < -0.3 is 10.4 Å². The first-order chi connectivity index (χ1) is 8.23. The third-order valence-electron chi connectivity index (χ3n) is 2.65. The van der Waals surface area contributed by atoms with E-state index in [2.05, 4.69) is 5.32 Å². The molecule has 0 spiro atoms. The van der Waals surface area contributed by atoms with Crippen LogP contribution in [0.3, 0.4) is 0 Å². The van der Waals surface area contributed by atoms with E-state index in [9.17, 15) is 18.7 Å². The summed E-state index contributed by atoms with van der Waals surface area (Å²) in [5, 5.41) is 12.1. The fraction of sp³-hybridized carbons (Fsp3) is 0.462. The van der Waals surface area contributed by atoms with Crippen LogP contribution in [0.5, 0.6) is 0 Å². The van der Waals surface area contributed by atoms with Gasteiger partial charge in [-0.05, 0) is 17.5 Å². The van der Waals surface area contributed by atoms with Crippen LogP contribution in [0.25, 0.3) is 0 Å². The monoisotopic (exact) mass is 257 g/mol. The minimum absolute atomic E-state index is 0.0156. The zero-order valence-corrected chi connectivity index (χ0v) is 10.6. The molecule has 0 aliphatic carbocycles. The van der Waals surface area contributed by atoms with Gasteiger partial charge in [-0.1, -0.05) is 26.8 Å². The third kappa shape index (κ3) is 3.50. The second kappa shape index (κ2) is 5.44. The molecule has 100 valence electrons. The van der Waals surface area contributed by atoms with Crippen LogP contribution in [-0.2, 0) is 0 Å². The van der Waals surface area contributed by atoms with Gasteiger partial charge in [0.2, 0.25) is 0 Å². The number of hydrogen-bond donors (Lipinski definition) is 2. The fourth-order valence-electron chi connectivity index (χ4n) is 1.27. The van der Waals surface area contributed by atoms with Crippen molar-refractivity contribution in [2.24, 2.45) is 5.41 Å². The van der Waals surface area contributed by atoms with Crippen LogP contribution < -0.4 is 5.32 Å². The molecule has 0 aromatic heterocycles. The van der Waals surface area contributed by atoms with E-state index < -0.39 is 29.1 Å². The van der Waals surface area contributed by atoms with Crippen molar-refractivity contribution >= 4 is 5.91 Å². The van der Waals surface area contributed by atoms with Crippen LogP contribution in [-0.4, -0.2) is 23.7 Å². The van der Waals surface area contributed by atoms with Gasteiger partial charge in [0.05, 0.1) is 11.7 Å². The highest BCUT2D eigenvalue weighted by Gasteiger charge is 2.23. The molecule has 18 heavy (non-hydrogen) atoms. The Labute approximate surface area is 105 Å². The molecular formula is C13H17F2NO2. The molecule has 1 unspecified atom stereocenters. The molecule has 0 heterocycles. The molecule has 0 aliphatic rings. The van der Waals surface area contributed by atoms with E-state index in [-0.39, 0.29) is 12.1 Å². The van der Waals surface area contributed by atoms with E-state index in [4.69, 9.17) is 0 Å². The first-order valence-electron chi connectivity index (χ1n) is 5.63. The second-order valence-electron chi connectivity index (χ2n) is 5.19. The van der Waals surface area contributed by atoms with Gasteiger partial charge in [0.1, 0.15) is 0 Å². The number of halogens is 2. The summed E-state index contributed by atoms with van der Waals surface area (Å²) in [5.74, 6) is -2.99. The largest absolute Gasteiger partial charge is 0.391 e. The van der Waals surface area contributed by atoms with Gasteiger partial charge in [0.15, 0.2) is 11.6 Å². The van der Waals surface area contributed by atoms with Gasteiger partial charge in [0.25, 0.3) is 5.91 Å². The standard InChI is InChI=1S/C13H17F2NO2/c1-13(2,3)10(17)7-16-12(18)8-5-4-6-9(14)11(8)15/h4-6,10,17H,7H2,1-3H3,(H,16,18). The number of carbonyl (C=O) groups excluding carboxylic acids is 1. The number of benzene rings is 1. The number of carbonyl (C=O) groups is 1. The molecule has 5 heteroatoms. The maximum Gasteiger partial charge on any atom is 0.254 e. The molecule has 1 atom stereocenters. The van der Waals surface area contributed by atoms with Gasteiger partial charge in [-0.15, -0.1) is 0 Å². The van der Waals surface area contributed by atoms with E-state index in [0.717, 1.165) is 6.07 Å². The summed E-state index contributed by atoms with van der Waals surface area (Å²) >= 11 is 0. The lowest BCUT2D eigenvalue weighted by molar-refractivity contribution is 0.0585. The quantitative estimate of drug-likeness (QED) is 0.871. The molecule has 1 rings (SSSR count). The number of nitrogens with one attached hydrogen (secondary N) is 1. The molecule has 0 bridgehead atoms. The van der Waals surface area contributed by atoms with Gasteiger partial charge in [-0.3, -0.25) is 4.79 Å². The molecule has 1 aromatic rings. The molecule has 1 amide bonds. The Bertz CT molecular complexity index is 441. The normalized spacial score (nSPS) is 13.2. The van der Waals surface area contributed by atoms with Gasteiger partial charge in [0, 0.05) is 6.54 Å². The molecule has 3 nitrogen and oxygen atoms in total. The van der Waals surface area contributed by atoms with Crippen molar-refractivity contribution in [2.45, 2.75) is 26.9 Å². The Morgan fingerprint density at radius 3 is 2.56 bits per heavy atom. The minimum Gasteiger partial charge on any atom is -0.391 e. The smallest absolute Gasteiger partial charge is 0.254 e. The fourth-order valence-corrected chi connectivity index (χ4v) is 1.27. The topological polar surface area (TPSA) is 49.3 Å². The first-order valence-corrected chi connectivity index (χ1v) is 5.63. The summed E-state index contributed by atoms with van der Waals surface area (Å²) in [4.78, 5) is 11.6. The molecule has 0 saturated heterocycles. The summed E-state index contributed by atoms with van der Waals surface area (Å²) in [6, 6.07) is 3.39. The molecule has 0 aliphatic heterocycles. The zero-order valence-electron chi connectivity index (χ0n) is 10.6. The van der Waals surface area contributed by atoms with Crippen molar-refractivity contribution in [2.75, 3.05) is 6.54 Å². The number of aliphatic hydroxyl groups excluding tert-OH is 1. The number of rotatable bonds is 3. The SMILES string of the molecule is CC(C)(C)C(O)CNC(=O)c1cccc(F)c1F. The van der Waals surface area contributed by atoms with Crippen LogP contribution in [0.2, 0.25) is 0 Å². The average Bonchev–Trinajstić information content (AvgIpc) is 2.27. The zero-order chi connectivity index (χ0) is 13.9. The molecule has 0 fully saturated rings. The van der Waals surface area contributed by atoms with Gasteiger partial charge in [-0.25, -0.2) is 8.78 Å². The van der Waals surface area contributed by atoms with Crippen LogP contribution in [0.1, 0.15) is 31.1 Å². The van der Waals surface area contributed by atoms with Crippen molar-refractivity contribution in [3.63, 3.8) is 0 Å².